The number of aromatic nitrogens is 2. The predicted molar refractivity (Wildman–Crippen MR) is 63.7 cm³/mol. The number of anilines is 1. The zero-order chi connectivity index (χ0) is 13.1. The molecule has 0 radical (unpaired) electrons. The molecule has 1 aromatic heterocycles. The summed E-state index contributed by atoms with van der Waals surface area (Å²) >= 11 is 0. The lowest BCUT2D eigenvalue weighted by atomic mass is 10.2. The number of nitro groups is 1. The van der Waals surface area contributed by atoms with Crippen LogP contribution in [0.4, 0.5) is 15.8 Å². The quantitative estimate of drug-likeness (QED) is 0.645. The van der Waals surface area contributed by atoms with Crippen LogP contribution in [0.15, 0.2) is 30.5 Å². The topological polar surface area (TPSA) is 83.8 Å². The summed E-state index contributed by atoms with van der Waals surface area (Å²) in [7, 11) is 0. The molecule has 1 unspecified atom stereocenters. The van der Waals surface area contributed by atoms with Crippen LogP contribution in [0.25, 0.3) is 0 Å². The third-order valence-electron chi connectivity index (χ3n) is 2.51. The fraction of sp³-hybridized carbons (Fsp3) is 0.182. The van der Waals surface area contributed by atoms with Crippen molar-refractivity contribution in [2.24, 2.45) is 0 Å². The van der Waals surface area contributed by atoms with E-state index in [-0.39, 0.29) is 6.04 Å². The second-order valence-electron chi connectivity index (χ2n) is 3.80. The number of aromatic amines is 1. The minimum absolute atomic E-state index is 0.113. The van der Waals surface area contributed by atoms with Gasteiger partial charge in [-0.3, -0.25) is 15.2 Å². The highest BCUT2D eigenvalue weighted by Crippen LogP contribution is 2.24. The normalized spacial score (nSPS) is 12.1. The van der Waals surface area contributed by atoms with E-state index in [4.69, 9.17) is 0 Å². The van der Waals surface area contributed by atoms with Gasteiger partial charge in [-0.2, -0.15) is 9.49 Å². The van der Waals surface area contributed by atoms with Crippen molar-refractivity contribution in [1.29, 1.82) is 0 Å². The van der Waals surface area contributed by atoms with Crippen LogP contribution in [0, 0.1) is 15.9 Å². The van der Waals surface area contributed by atoms with Gasteiger partial charge in [0.25, 0.3) is 0 Å². The van der Waals surface area contributed by atoms with E-state index in [2.05, 4.69) is 15.5 Å². The Morgan fingerprint density at radius 3 is 2.89 bits per heavy atom. The summed E-state index contributed by atoms with van der Waals surface area (Å²) in [5.41, 5.74) is 0.768. The third-order valence-corrected chi connectivity index (χ3v) is 2.51. The number of hydrogen-bond acceptors (Lipinski definition) is 4. The molecule has 0 amide bonds. The van der Waals surface area contributed by atoms with Crippen molar-refractivity contribution in [3.63, 3.8) is 0 Å². The van der Waals surface area contributed by atoms with E-state index in [0.29, 0.717) is 5.69 Å². The maximum atomic E-state index is 13.1. The summed E-state index contributed by atoms with van der Waals surface area (Å²) in [6.45, 7) is 1.86. The van der Waals surface area contributed by atoms with Gasteiger partial charge >= 0.3 is 5.69 Å². The number of hydrogen-bond donors (Lipinski definition) is 2. The molecule has 18 heavy (non-hydrogen) atoms. The molecule has 1 atom stereocenters. The van der Waals surface area contributed by atoms with Crippen molar-refractivity contribution in [2.75, 3.05) is 5.32 Å². The summed E-state index contributed by atoms with van der Waals surface area (Å²) in [6.07, 6.45) is 1.61. The molecule has 1 aromatic carbocycles. The molecule has 0 aliphatic heterocycles. The van der Waals surface area contributed by atoms with Crippen LogP contribution in [-0.2, 0) is 0 Å². The van der Waals surface area contributed by atoms with Gasteiger partial charge in [-0.05, 0) is 25.1 Å². The van der Waals surface area contributed by atoms with Gasteiger partial charge in [-0.1, -0.05) is 0 Å². The maximum Gasteiger partial charge on any atom is 0.306 e. The van der Waals surface area contributed by atoms with Crippen LogP contribution < -0.4 is 5.32 Å². The lowest BCUT2D eigenvalue weighted by Crippen LogP contribution is -2.07. The Hall–Kier alpha value is -2.44. The van der Waals surface area contributed by atoms with Gasteiger partial charge in [0.1, 0.15) is 0 Å². The summed E-state index contributed by atoms with van der Waals surface area (Å²) < 4.78 is 13.1. The largest absolute Gasteiger partial charge is 0.377 e. The Morgan fingerprint density at radius 1 is 1.50 bits per heavy atom. The van der Waals surface area contributed by atoms with Gasteiger partial charge in [0, 0.05) is 18.0 Å². The molecule has 6 nitrogen and oxygen atoms in total. The van der Waals surface area contributed by atoms with Gasteiger partial charge in [0.2, 0.25) is 5.82 Å². The van der Waals surface area contributed by atoms with Crippen LogP contribution in [0.1, 0.15) is 18.7 Å². The van der Waals surface area contributed by atoms with Gasteiger partial charge in [0.15, 0.2) is 0 Å². The van der Waals surface area contributed by atoms with Crippen molar-refractivity contribution in [3.05, 3.63) is 52.1 Å². The summed E-state index contributed by atoms with van der Waals surface area (Å²) in [5.74, 6) is -0.847. The van der Waals surface area contributed by atoms with Crippen LogP contribution in [0.2, 0.25) is 0 Å². The molecular formula is C11H11FN4O2. The maximum absolute atomic E-state index is 13.1. The molecule has 0 aliphatic carbocycles. The van der Waals surface area contributed by atoms with Crippen LogP contribution >= 0.6 is 0 Å². The molecule has 7 heteroatoms. The van der Waals surface area contributed by atoms with Crippen molar-refractivity contribution in [2.45, 2.75) is 13.0 Å². The molecule has 0 aliphatic rings. The molecule has 0 bridgehead atoms. The van der Waals surface area contributed by atoms with Gasteiger partial charge < -0.3 is 5.32 Å². The first-order chi connectivity index (χ1) is 8.58. The van der Waals surface area contributed by atoms with E-state index < -0.39 is 16.4 Å². The van der Waals surface area contributed by atoms with Gasteiger partial charge in [-0.15, -0.1) is 0 Å². The van der Waals surface area contributed by atoms with Crippen LogP contribution in [0.5, 0.6) is 0 Å². The molecule has 0 spiro atoms. The van der Waals surface area contributed by atoms with E-state index in [1.165, 1.54) is 12.1 Å². The Kier molecular flexibility index (Phi) is 3.22. The van der Waals surface area contributed by atoms with Crippen LogP contribution in [0.3, 0.4) is 0 Å². The van der Waals surface area contributed by atoms with Crippen molar-refractivity contribution >= 4 is 11.4 Å². The SMILES string of the molecule is CC(Nc1ccc(F)c([N+](=O)[O-])c1)c1ccn[nH]1. The van der Waals surface area contributed by atoms with Gasteiger partial charge in [0.05, 0.1) is 16.7 Å². The Bertz CT molecular complexity index is 556. The van der Waals surface area contributed by atoms with E-state index in [1.807, 2.05) is 6.92 Å². The molecule has 1 heterocycles. The van der Waals surface area contributed by atoms with E-state index in [0.717, 1.165) is 11.8 Å². The average molecular weight is 250 g/mol. The lowest BCUT2D eigenvalue weighted by Gasteiger charge is -2.13. The minimum atomic E-state index is -0.847. The molecule has 2 N–H and O–H groups in total. The first kappa shape index (κ1) is 12.0. The van der Waals surface area contributed by atoms with E-state index in [1.54, 1.807) is 12.3 Å². The number of nitrogens with one attached hydrogen (secondary N) is 2. The van der Waals surface area contributed by atoms with E-state index >= 15 is 0 Å². The smallest absolute Gasteiger partial charge is 0.306 e. The number of rotatable bonds is 4. The second-order valence-corrected chi connectivity index (χ2v) is 3.80. The Labute approximate surface area is 102 Å². The first-order valence-corrected chi connectivity index (χ1v) is 5.27. The van der Waals surface area contributed by atoms with Crippen molar-refractivity contribution in [3.8, 4) is 0 Å². The summed E-state index contributed by atoms with van der Waals surface area (Å²) in [6, 6.07) is 5.37. The predicted octanol–water partition coefficient (Wildman–Crippen LogP) is 2.63. The second kappa shape index (κ2) is 4.82. The highest BCUT2D eigenvalue weighted by molar-refractivity contribution is 5.52. The zero-order valence-electron chi connectivity index (χ0n) is 9.55. The summed E-state index contributed by atoms with van der Waals surface area (Å²) in [4.78, 5) is 9.86. The summed E-state index contributed by atoms with van der Waals surface area (Å²) in [5, 5.41) is 20.2. The lowest BCUT2D eigenvalue weighted by molar-refractivity contribution is -0.387. The van der Waals surface area contributed by atoms with Gasteiger partial charge in [-0.25, -0.2) is 0 Å². The van der Waals surface area contributed by atoms with Crippen molar-refractivity contribution in [1.82, 2.24) is 10.2 Å². The number of H-pyrrole nitrogens is 1. The van der Waals surface area contributed by atoms with Crippen LogP contribution in [-0.4, -0.2) is 15.1 Å². The molecule has 0 saturated heterocycles. The third kappa shape index (κ3) is 2.45. The highest BCUT2D eigenvalue weighted by Gasteiger charge is 2.15. The molecule has 2 aromatic rings. The van der Waals surface area contributed by atoms with E-state index in [9.17, 15) is 14.5 Å². The number of benzene rings is 1. The monoisotopic (exact) mass is 250 g/mol. The zero-order valence-corrected chi connectivity index (χ0v) is 9.55. The molecule has 94 valence electrons. The number of nitro benzene ring substituents is 1. The fourth-order valence-corrected chi connectivity index (χ4v) is 1.58. The first-order valence-electron chi connectivity index (χ1n) is 5.27. The molecular weight excluding hydrogens is 239 g/mol. The Morgan fingerprint density at radius 2 is 2.28 bits per heavy atom. The standard InChI is InChI=1S/C11H11FN4O2/c1-7(10-4-5-13-15-10)14-8-2-3-9(12)11(6-8)16(17)18/h2-7,14H,1H3,(H,13,15). The number of nitrogens with zero attached hydrogens (tertiary/aromatic N) is 2. The molecule has 0 fully saturated rings. The fourth-order valence-electron chi connectivity index (χ4n) is 1.58. The molecule has 0 saturated carbocycles. The highest BCUT2D eigenvalue weighted by atomic mass is 19.1. The molecule has 2 rings (SSSR count). The number of halogens is 1. The van der Waals surface area contributed by atoms with Crippen molar-refractivity contribution < 1.29 is 9.31 Å². The minimum Gasteiger partial charge on any atom is -0.377 e. The average Bonchev–Trinajstić information content (AvgIpc) is 2.85. The Balaban J connectivity index is 2.20.